The van der Waals surface area contributed by atoms with Gasteiger partial charge in [0.2, 0.25) is 0 Å². The standard InChI is InChI=1S/C11H10N2O4S/c1-12(7-8-3-2-6-17-8)11(14)9-4-5-10(18-9)13(15)16/h2-6H,7H2,1H3. The van der Waals surface area contributed by atoms with Gasteiger partial charge >= 0.3 is 5.00 Å². The molecule has 0 N–H and O–H groups in total. The van der Waals surface area contributed by atoms with Crippen LogP contribution in [0, 0.1) is 10.1 Å². The molecule has 2 aromatic heterocycles. The second kappa shape index (κ2) is 5.01. The van der Waals surface area contributed by atoms with E-state index in [4.69, 9.17) is 4.42 Å². The van der Waals surface area contributed by atoms with Crippen LogP contribution in [-0.4, -0.2) is 22.8 Å². The summed E-state index contributed by atoms with van der Waals surface area (Å²) in [6.07, 6.45) is 1.53. The monoisotopic (exact) mass is 266 g/mol. The molecule has 0 spiro atoms. The average molecular weight is 266 g/mol. The van der Waals surface area contributed by atoms with Crippen LogP contribution in [0.1, 0.15) is 15.4 Å². The van der Waals surface area contributed by atoms with E-state index >= 15 is 0 Å². The van der Waals surface area contributed by atoms with Gasteiger partial charge in [0.05, 0.1) is 22.6 Å². The Labute approximate surface area is 107 Å². The van der Waals surface area contributed by atoms with Gasteiger partial charge < -0.3 is 9.32 Å². The Morgan fingerprint density at radius 3 is 2.83 bits per heavy atom. The molecular weight excluding hydrogens is 256 g/mol. The van der Waals surface area contributed by atoms with E-state index < -0.39 is 4.92 Å². The first-order chi connectivity index (χ1) is 8.58. The first kappa shape index (κ1) is 12.3. The van der Waals surface area contributed by atoms with E-state index in [-0.39, 0.29) is 10.9 Å². The Balaban J connectivity index is 2.08. The Hall–Kier alpha value is -2.15. The zero-order valence-corrected chi connectivity index (χ0v) is 10.3. The van der Waals surface area contributed by atoms with E-state index in [1.54, 1.807) is 19.2 Å². The van der Waals surface area contributed by atoms with Crippen molar-refractivity contribution < 1.29 is 14.1 Å². The molecule has 0 unspecified atom stereocenters. The maximum atomic E-state index is 12.0. The van der Waals surface area contributed by atoms with Gasteiger partial charge in [0.15, 0.2) is 0 Å². The van der Waals surface area contributed by atoms with Gasteiger partial charge in [-0.25, -0.2) is 0 Å². The smallest absolute Gasteiger partial charge is 0.324 e. The average Bonchev–Trinajstić information content (AvgIpc) is 2.98. The first-order valence-electron chi connectivity index (χ1n) is 5.10. The molecule has 7 heteroatoms. The Kier molecular flexibility index (Phi) is 3.42. The quantitative estimate of drug-likeness (QED) is 0.629. The molecule has 6 nitrogen and oxygen atoms in total. The zero-order valence-electron chi connectivity index (χ0n) is 9.53. The van der Waals surface area contributed by atoms with Crippen LogP contribution in [0.5, 0.6) is 0 Å². The minimum atomic E-state index is -0.506. The van der Waals surface area contributed by atoms with Crippen LogP contribution in [0.3, 0.4) is 0 Å². The van der Waals surface area contributed by atoms with Crippen molar-refractivity contribution in [2.45, 2.75) is 6.54 Å². The highest BCUT2D eigenvalue weighted by molar-refractivity contribution is 7.17. The summed E-state index contributed by atoms with van der Waals surface area (Å²) in [5, 5.41) is 10.5. The Morgan fingerprint density at radius 1 is 1.50 bits per heavy atom. The van der Waals surface area contributed by atoms with Crippen molar-refractivity contribution in [1.82, 2.24) is 4.90 Å². The van der Waals surface area contributed by atoms with Crippen molar-refractivity contribution >= 4 is 22.2 Å². The van der Waals surface area contributed by atoms with Crippen molar-refractivity contribution in [3.63, 3.8) is 0 Å². The molecule has 0 radical (unpaired) electrons. The highest BCUT2D eigenvalue weighted by Gasteiger charge is 2.18. The van der Waals surface area contributed by atoms with Gasteiger partial charge in [-0.05, 0) is 18.2 Å². The summed E-state index contributed by atoms with van der Waals surface area (Å²) < 4.78 is 5.13. The highest BCUT2D eigenvalue weighted by Crippen LogP contribution is 2.25. The summed E-state index contributed by atoms with van der Waals surface area (Å²) in [6.45, 7) is 0.331. The summed E-state index contributed by atoms with van der Waals surface area (Å²) in [4.78, 5) is 23.8. The van der Waals surface area contributed by atoms with Gasteiger partial charge in [-0.15, -0.1) is 0 Å². The van der Waals surface area contributed by atoms with Gasteiger partial charge in [0.25, 0.3) is 5.91 Å². The third-order valence-corrected chi connectivity index (χ3v) is 3.33. The van der Waals surface area contributed by atoms with Crippen LogP contribution in [0.25, 0.3) is 0 Å². The summed E-state index contributed by atoms with van der Waals surface area (Å²) in [7, 11) is 1.62. The molecule has 0 fully saturated rings. The van der Waals surface area contributed by atoms with E-state index in [9.17, 15) is 14.9 Å². The summed E-state index contributed by atoms with van der Waals surface area (Å²) in [5.41, 5.74) is 0. The zero-order chi connectivity index (χ0) is 13.1. The number of hydrogen-bond acceptors (Lipinski definition) is 5. The number of amides is 1. The fraction of sp³-hybridized carbons (Fsp3) is 0.182. The lowest BCUT2D eigenvalue weighted by atomic mass is 10.3. The maximum absolute atomic E-state index is 12.0. The number of carbonyl (C=O) groups is 1. The molecule has 1 amide bonds. The lowest BCUT2D eigenvalue weighted by Gasteiger charge is -2.13. The highest BCUT2D eigenvalue weighted by atomic mass is 32.1. The number of thiophene rings is 1. The molecule has 0 aliphatic heterocycles. The molecule has 18 heavy (non-hydrogen) atoms. The summed E-state index contributed by atoms with van der Waals surface area (Å²) in [6, 6.07) is 6.30. The predicted molar refractivity (Wildman–Crippen MR) is 65.5 cm³/mol. The second-order valence-electron chi connectivity index (χ2n) is 3.64. The normalized spacial score (nSPS) is 10.3. The minimum Gasteiger partial charge on any atom is -0.467 e. The molecule has 0 aliphatic carbocycles. The van der Waals surface area contributed by atoms with Crippen molar-refractivity contribution in [3.8, 4) is 0 Å². The molecule has 2 rings (SSSR count). The van der Waals surface area contributed by atoms with Crippen LogP contribution in [0.2, 0.25) is 0 Å². The third kappa shape index (κ3) is 2.57. The lowest BCUT2D eigenvalue weighted by Crippen LogP contribution is -2.25. The van der Waals surface area contributed by atoms with Crippen LogP contribution >= 0.6 is 11.3 Å². The van der Waals surface area contributed by atoms with Crippen LogP contribution in [-0.2, 0) is 6.54 Å². The number of rotatable bonds is 4. The van der Waals surface area contributed by atoms with Crippen LogP contribution < -0.4 is 0 Å². The number of nitrogens with zero attached hydrogens (tertiary/aromatic N) is 2. The molecule has 0 saturated heterocycles. The molecule has 0 aliphatic rings. The largest absolute Gasteiger partial charge is 0.467 e. The van der Waals surface area contributed by atoms with E-state index in [2.05, 4.69) is 0 Å². The third-order valence-electron chi connectivity index (χ3n) is 2.30. The molecule has 2 heterocycles. The molecule has 94 valence electrons. The number of carbonyl (C=O) groups excluding carboxylic acids is 1. The number of hydrogen-bond donors (Lipinski definition) is 0. The van der Waals surface area contributed by atoms with Gasteiger partial charge in [0, 0.05) is 13.1 Å². The molecule has 0 saturated carbocycles. The van der Waals surface area contributed by atoms with Crippen molar-refractivity contribution in [2.75, 3.05) is 7.05 Å². The van der Waals surface area contributed by atoms with Gasteiger partial charge in [0.1, 0.15) is 5.76 Å². The van der Waals surface area contributed by atoms with Crippen molar-refractivity contribution in [1.29, 1.82) is 0 Å². The first-order valence-corrected chi connectivity index (χ1v) is 5.91. The fourth-order valence-corrected chi connectivity index (χ4v) is 2.25. The summed E-state index contributed by atoms with van der Waals surface area (Å²) in [5.74, 6) is 0.404. The van der Waals surface area contributed by atoms with E-state index in [0.717, 1.165) is 11.3 Å². The predicted octanol–water partition coefficient (Wildman–Crippen LogP) is 2.52. The van der Waals surface area contributed by atoms with E-state index in [0.29, 0.717) is 17.2 Å². The van der Waals surface area contributed by atoms with Crippen LogP contribution in [0.4, 0.5) is 5.00 Å². The minimum absolute atomic E-state index is 0.0373. The second-order valence-corrected chi connectivity index (χ2v) is 4.70. The van der Waals surface area contributed by atoms with E-state index in [1.165, 1.54) is 23.3 Å². The van der Waals surface area contributed by atoms with Gasteiger partial charge in [-0.1, -0.05) is 11.3 Å². The molecule has 2 aromatic rings. The van der Waals surface area contributed by atoms with Gasteiger partial charge in [-0.2, -0.15) is 0 Å². The van der Waals surface area contributed by atoms with Gasteiger partial charge in [-0.3, -0.25) is 14.9 Å². The van der Waals surface area contributed by atoms with Crippen molar-refractivity contribution in [3.05, 3.63) is 51.3 Å². The van der Waals surface area contributed by atoms with Crippen molar-refractivity contribution in [2.24, 2.45) is 0 Å². The molecule has 0 atom stereocenters. The molecular formula is C11H10N2O4S. The number of nitro groups is 1. The topological polar surface area (TPSA) is 76.6 Å². The SMILES string of the molecule is CN(Cc1ccco1)C(=O)c1ccc([N+](=O)[O-])s1. The van der Waals surface area contributed by atoms with E-state index in [1.807, 2.05) is 0 Å². The fourth-order valence-electron chi connectivity index (χ4n) is 1.44. The molecule has 0 aromatic carbocycles. The Bertz CT molecular complexity index is 561. The lowest BCUT2D eigenvalue weighted by molar-refractivity contribution is -0.380. The Morgan fingerprint density at radius 2 is 2.28 bits per heavy atom. The molecule has 0 bridgehead atoms. The number of furan rings is 1. The van der Waals surface area contributed by atoms with Crippen LogP contribution in [0.15, 0.2) is 34.9 Å². The summed E-state index contributed by atoms with van der Waals surface area (Å²) >= 11 is 0.869. The maximum Gasteiger partial charge on any atom is 0.324 e.